The number of carbonyl (C=O) groups is 2. The zero-order valence-electron chi connectivity index (χ0n) is 16.1. The van der Waals surface area contributed by atoms with Crippen molar-refractivity contribution in [1.82, 2.24) is 4.90 Å². The summed E-state index contributed by atoms with van der Waals surface area (Å²) < 4.78 is 24.2. The molecule has 3 rings (SSSR count). The number of benzene rings is 2. The summed E-state index contributed by atoms with van der Waals surface area (Å²) in [7, 11) is 1.55. The van der Waals surface area contributed by atoms with Crippen molar-refractivity contribution in [2.45, 2.75) is 19.8 Å². The molecular weight excluding hydrogens is 361 g/mol. The van der Waals surface area contributed by atoms with Gasteiger partial charge in [0.25, 0.3) is 5.91 Å². The summed E-state index contributed by atoms with van der Waals surface area (Å²) in [5.41, 5.74) is 0.995. The van der Waals surface area contributed by atoms with Gasteiger partial charge < -0.3 is 14.4 Å². The maximum Gasteiger partial charge on any atom is 0.260 e. The topological polar surface area (TPSA) is 55.8 Å². The molecule has 0 radical (unpaired) electrons. The number of hydrogen-bond donors (Lipinski definition) is 0. The molecular formula is C22H24FNO4. The Balaban J connectivity index is 1.52. The zero-order valence-corrected chi connectivity index (χ0v) is 16.1. The van der Waals surface area contributed by atoms with Gasteiger partial charge in [-0.1, -0.05) is 12.1 Å². The summed E-state index contributed by atoms with van der Waals surface area (Å²) in [6, 6.07) is 11.6. The van der Waals surface area contributed by atoms with E-state index >= 15 is 0 Å². The first-order chi connectivity index (χ1) is 13.5. The number of carbonyl (C=O) groups excluding carboxylic acids is 2. The first-order valence-electron chi connectivity index (χ1n) is 9.33. The first kappa shape index (κ1) is 19.9. The molecule has 1 amide bonds. The number of ketones is 1. The molecule has 5 nitrogen and oxygen atoms in total. The van der Waals surface area contributed by atoms with E-state index in [9.17, 15) is 14.0 Å². The third-order valence-electron chi connectivity index (χ3n) is 5.08. The highest BCUT2D eigenvalue weighted by molar-refractivity contribution is 5.98. The number of hydrogen-bond acceptors (Lipinski definition) is 4. The lowest BCUT2D eigenvalue weighted by Gasteiger charge is -2.31. The van der Waals surface area contributed by atoms with Crippen LogP contribution in [0.25, 0.3) is 0 Å². The third kappa shape index (κ3) is 4.50. The minimum atomic E-state index is -0.313. The molecule has 0 spiro atoms. The lowest BCUT2D eigenvalue weighted by atomic mass is 9.88. The summed E-state index contributed by atoms with van der Waals surface area (Å²) in [6.07, 6.45) is 1.19. The molecule has 28 heavy (non-hydrogen) atoms. The molecule has 0 bridgehead atoms. The Morgan fingerprint density at radius 1 is 1.11 bits per heavy atom. The van der Waals surface area contributed by atoms with E-state index in [1.54, 1.807) is 37.1 Å². The third-order valence-corrected chi connectivity index (χ3v) is 5.08. The van der Waals surface area contributed by atoms with Crippen LogP contribution in [0, 0.1) is 18.7 Å². The van der Waals surface area contributed by atoms with Gasteiger partial charge in [-0.3, -0.25) is 9.59 Å². The van der Waals surface area contributed by atoms with Crippen LogP contribution in [0.5, 0.6) is 11.5 Å². The maximum absolute atomic E-state index is 13.4. The lowest BCUT2D eigenvalue weighted by molar-refractivity contribution is -0.134. The summed E-state index contributed by atoms with van der Waals surface area (Å²) >= 11 is 0. The number of Topliss-reactive ketones (excluding diaryl/α,β-unsaturated/α-hetero) is 1. The molecule has 1 aliphatic rings. The molecule has 2 aromatic carbocycles. The van der Waals surface area contributed by atoms with Gasteiger partial charge in [-0.05, 0) is 55.7 Å². The van der Waals surface area contributed by atoms with E-state index in [0.29, 0.717) is 48.6 Å². The second kappa shape index (κ2) is 8.87. The van der Waals surface area contributed by atoms with Gasteiger partial charge in [0.2, 0.25) is 0 Å². The molecule has 0 unspecified atom stereocenters. The van der Waals surface area contributed by atoms with Crippen molar-refractivity contribution in [3.8, 4) is 11.5 Å². The van der Waals surface area contributed by atoms with Gasteiger partial charge in [0, 0.05) is 24.6 Å². The van der Waals surface area contributed by atoms with Crippen molar-refractivity contribution in [2.75, 3.05) is 26.8 Å². The summed E-state index contributed by atoms with van der Waals surface area (Å²) in [6.45, 7) is 2.58. The molecule has 1 fully saturated rings. The van der Waals surface area contributed by atoms with Crippen LogP contribution >= 0.6 is 0 Å². The fraction of sp³-hybridized carbons (Fsp3) is 0.364. The monoisotopic (exact) mass is 385 g/mol. The molecule has 0 atom stereocenters. The van der Waals surface area contributed by atoms with Crippen molar-refractivity contribution in [2.24, 2.45) is 5.92 Å². The van der Waals surface area contributed by atoms with Crippen LogP contribution in [-0.4, -0.2) is 43.4 Å². The number of amides is 1. The number of ether oxygens (including phenoxy) is 2. The van der Waals surface area contributed by atoms with E-state index in [1.807, 2.05) is 12.1 Å². The average molecular weight is 385 g/mol. The number of methoxy groups -OCH3 is 1. The van der Waals surface area contributed by atoms with Crippen molar-refractivity contribution >= 4 is 11.7 Å². The number of aryl methyl sites for hydroxylation is 1. The molecule has 6 heteroatoms. The maximum atomic E-state index is 13.4. The van der Waals surface area contributed by atoms with Crippen LogP contribution in [0.1, 0.15) is 28.8 Å². The number of halogens is 1. The molecule has 0 aliphatic carbocycles. The van der Waals surface area contributed by atoms with E-state index < -0.39 is 0 Å². The highest BCUT2D eigenvalue weighted by Gasteiger charge is 2.28. The van der Waals surface area contributed by atoms with Crippen LogP contribution < -0.4 is 9.47 Å². The van der Waals surface area contributed by atoms with Crippen LogP contribution in [0.15, 0.2) is 42.5 Å². The standard InChI is InChI=1S/C22H24FNO4/c1-15-13-17(7-8-18(15)23)22(26)16-9-11-24(12-10-16)21(25)14-28-20-6-4-3-5-19(20)27-2/h3-8,13,16H,9-12,14H2,1-2H3. The van der Waals surface area contributed by atoms with Gasteiger partial charge >= 0.3 is 0 Å². The molecule has 1 aliphatic heterocycles. The van der Waals surface area contributed by atoms with Gasteiger partial charge in [0.05, 0.1) is 7.11 Å². The van der Waals surface area contributed by atoms with Crippen molar-refractivity contribution in [1.29, 1.82) is 0 Å². The van der Waals surface area contributed by atoms with Crippen molar-refractivity contribution in [3.05, 3.63) is 59.4 Å². The second-order valence-electron chi connectivity index (χ2n) is 6.92. The van der Waals surface area contributed by atoms with Gasteiger partial charge in [0.15, 0.2) is 23.9 Å². The Bertz CT molecular complexity index is 859. The highest BCUT2D eigenvalue weighted by atomic mass is 19.1. The predicted molar refractivity (Wildman–Crippen MR) is 103 cm³/mol. The molecule has 148 valence electrons. The number of rotatable bonds is 6. The molecule has 0 N–H and O–H groups in total. The lowest BCUT2D eigenvalue weighted by Crippen LogP contribution is -2.42. The van der Waals surface area contributed by atoms with Crippen molar-refractivity contribution < 1.29 is 23.5 Å². The molecule has 2 aromatic rings. The van der Waals surface area contributed by atoms with E-state index in [0.717, 1.165) is 0 Å². The van der Waals surface area contributed by atoms with Crippen LogP contribution in [0.2, 0.25) is 0 Å². The van der Waals surface area contributed by atoms with Gasteiger partial charge in [-0.15, -0.1) is 0 Å². The zero-order chi connectivity index (χ0) is 20.1. The Morgan fingerprint density at radius 3 is 2.43 bits per heavy atom. The molecule has 1 heterocycles. The average Bonchev–Trinajstić information content (AvgIpc) is 2.73. The Morgan fingerprint density at radius 2 is 1.79 bits per heavy atom. The predicted octanol–water partition coefficient (Wildman–Crippen LogP) is 3.64. The Labute approximate surface area is 164 Å². The van der Waals surface area contributed by atoms with E-state index in [-0.39, 0.29) is 30.0 Å². The van der Waals surface area contributed by atoms with Crippen LogP contribution in [0.4, 0.5) is 4.39 Å². The summed E-state index contributed by atoms with van der Waals surface area (Å²) in [4.78, 5) is 26.8. The summed E-state index contributed by atoms with van der Waals surface area (Å²) in [5.74, 6) is 0.537. The fourth-order valence-electron chi connectivity index (χ4n) is 3.39. The minimum absolute atomic E-state index is 0.0143. The Kier molecular flexibility index (Phi) is 6.29. The number of likely N-dealkylation sites (tertiary alicyclic amines) is 1. The van der Waals surface area contributed by atoms with E-state index in [2.05, 4.69) is 0 Å². The number of piperidine rings is 1. The quantitative estimate of drug-likeness (QED) is 0.713. The number of nitrogens with zero attached hydrogens (tertiary/aromatic N) is 1. The van der Waals surface area contributed by atoms with E-state index in [4.69, 9.17) is 9.47 Å². The SMILES string of the molecule is COc1ccccc1OCC(=O)N1CCC(C(=O)c2ccc(F)c(C)c2)CC1. The second-order valence-corrected chi connectivity index (χ2v) is 6.92. The van der Waals surface area contributed by atoms with Crippen molar-refractivity contribution in [3.63, 3.8) is 0 Å². The summed E-state index contributed by atoms with van der Waals surface area (Å²) in [5, 5.41) is 0. The normalized spacial score (nSPS) is 14.6. The Hall–Kier alpha value is -2.89. The fourth-order valence-corrected chi connectivity index (χ4v) is 3.39. The largest absolute Gasteiger partial charge is 0.493 e. The molecule has 0 saturated carbocycles. The smallest absolute Gasteiger partial charge is 0.260 e. The first-order valence-corrected chi connectivity index (χ1v) is 9.33. The van der Waals surface area contributed by atoms with Crippen LogP contribution in [-0.2, 0) is 4.79 Å². The van der Waals surface area contributed by atoms with E-state index in [1.165, 1.54) is 12.1 Å². The number of para-hydroxylation sites is 2. The van der Waals surface area contributed by atoms with Gasteiger partial charge in [-0.2, -0.15) is 0 Å². The minimum Gasteiger partial charge on any atom is -0.493 e. The van der Waals surface area contributed by atoms with Gasteiger partial charge in [-0.25, -0.2) is 4.39 Å². The van der Waals surface area contributed by atoms with Gasteiger partial charge in [0.1, 0.15) is 5.82 Å². The molecule has 0 aromatic heterocycles. The molecule has 1 saturated heterocycles. The van der Waals surface area contributed by atoms with Crippen LogP contribution in [0.3, 0.4) is 0 Å². The highest BCUT2D eigenvalue weighted by Crippen LogP contribution is 2.26.